The molecule has 0 saturated heterocycles. The number of hydrogen-bond acceptors (Lipinski definition) is 4. The Hall–Kier alpha value is -1.81. The van der Waals surface area contributed by atoms with E-state index < -0.39 is 34.1 Å². The van der Waals surface area contributed by atoms with E-state index in [4.69, 9.17) is 23.2 Å². The van der Waals surface area contributed by atoms with Crippen LogP contribution in [0.4, 0.5) is 5.69 Å². The van der Waals surface area contributed by atoms with Crippen LogP contribution in [0, 0.1) is 0 Å². The zero-order valence-corrected chi connectivity index (χ0v) is 24.2. The minimum atomic E-state index is -3.80. The lowest BCUT2D eigenvalue weighted by Crippen LogP contribution is -2.55. The molecule has 0 aliphatic carbocycles. The maximum atomic E-state index is 13.7. The van der Waals surface area contributed by atoms with Crippen molar-refractivity contribution in [2.75, 3.05) is 17.1 Å². The highest BCUT2D eigenvalue weighted by Gasteiger charge is 2.33. The predicted octanol–water partition coefficient (Wildman–Crippen LogP) is 5.24. The number of benzene rings is 2. The molecule has 1 N–H and O–H groups in total. The highest BCUT2D eigenvalue weighted by molar-refractivity contribution is 9.10. The largest absolute Gasteiger partial charge is 0.350 e. The summed E-state index contributed by atoms with van der Waals surface area (Å²) >= 11 is 15.5. The lowest BCUT2D eigenvalue weighted by Gasteiger charge is -2.34. The van der Waals surface area contributed by atoms with Crippen molar-refractivity contribution < 1.29 is 18.0 Å². The molecule has 2 rings (SSSR count). The number of nitrogens with one attached hydrogen (secondary N) is 1. The molecule has 11 heteroatoms. The van der Waals surface area contributed by atoms with E-state index in [2.05, 4.69) is 21.2 Å². The van der Waals surface area contributed by atoms with E-state index in [0.29, 0.717) is 32.2 Å². The van der Waals surface area contributed by atoms with Crippen molar-refractivity contribution in [2.24, 2.45) is 0 Å². The molecule has 2 aromatic carbocycles. The van der Waals surface area contributed by atoms with Crippen molar-refractivity contribution in [1.82, 2.24) is 10.2 Å². The SMILES string of the molecule is CC[C@H](C(=O)NC(C)(C)C)N(Cc1ccc(Cl)c(Cl)c1)C(=O)CN(c1cccc(Br)c1)S(C)(=O)=O. The van der Waals surface area contributed by atoms with Crippen molar-refractivity contribution in [2.45, 2.75) is 52.2 Å². The molecule has 0 radical (unpaired) electrons. The van der Waals surface area contributed by atoms with Gasteiger partial charge < -0.3 is 10.2 Å². The van der Waals surface area contributed by atoms with Crippen molar-refractivity contribution in [1.29, 1.82) is 0 Å². The summed E-state index contributed by atoms with van der Waals surface area (Å²) in [4.78, 5) is 28.2. The average molecular weight is 607 g/mol. The van der Waals surface area contributed by atoms with Crippen LogP contribution >= 0.6 is 39.1 Å². The first-order valence-corrected chi connectivity index (χ1v) is 14.3. The van der Waals surface area contributed by atoms with Gasteiger partial charge in [-0.25, -0.2) is 8.42 Å². The fourth-order valence-electron chi connectivity index (χ4n) is 3.45. The highest BCUT2D eigenvalue weighted by atomic mass is 79.9. The summed E-state index contributed by atoms with van der Waals surface area (Å²) in [6, 6.07) is 10.8. The Morgan fingerprint density at radius 1 is 1.09 bits per heavy atom. The predicted molar refractivity (Wildman–Crippen MR) is 145 cm³/mol. The van der Waals surface area contributed by atoms with Crippen LogP contribution < -0.4 is 9.62 Å². The minimum absolute atomic E-state index is 0.0435. The first-order valence-electron chi connectivity index (χ1n) is 10.9. The summed E-state index contributed by atoms with van der Waals surface area (Å²) in [5.41, 5.74) is 0.470. The van der Waals surface area contributed by atoms with Gasteiger partial charge in [-0.2, -0.15) is 0 Å². The smallest absolute Gasteiger partial charge is 0.244 e. The maximum Gasteiger partial charge on any atom is 0.244 e. The number of rotatable bonds is 9. The van der Waals surface area contributed by atoms with Crippen molar-refractivity contribution in [3.05, 3.63) is 62.5 Å². The number of carbonyl (C=O) groups excluding carboxylic acids is 2. The quantitative estimate of drug-likeness (QED) is 0.423. The van der Waals surface area contributed by atoms with Crippen molar-refractivity contribution >= 4 is 66.7 Å². The molecule has 0 bridgehead atoms. The Morgan fingerprint density at radius 3 is 2.26 bits per heavy atom. The zero-order chi connectivity index (χ0) is 26.6. The minimum Gasteiger partial charge on any atom is -0.350 e. The zero-order valence-electron chi connectivity index (χ0n) is 20.3. The van der Waals surface area contributed by atoms with Gasteiger partial charge in [-0.1, -0.05) is 58.2 Å². The lowest BCUT2D eigenvalue weighted by atomic mass is 10.1. The Kier molecular flexibility index (Phi) is 10.0. The third-order valence-electron chi connectivity index (χ3n) is 5.00. The second kappa shape index (κ2) is 12.0. The molecule has 0 saturated carbocycles. The van der Waals surface area contributed by atoms with Gasteiger partial charge in [0.25, 0.3) is 0 Å². The van der Waals surface area contributed by atoms with E-state index in [1.165, 1.54) is 4.90 Å². The van der Waals surface area contributed by atoms with Crippen LogP contribution in [-0.2, 0) is 26.2 Å². The number of sulfonamides is 1. The molecule has 0 aliphatic rings. The van der Waals surface area contributed by atoms with Gasteiger partial charge in [0, 0.05) is 16.6 Å². The first-order chi connectivity index (χ1) is 16.1. The summed E-state index contributed by atoms with van der Waals surface area (Å²) in [5, 5.41) is 3.60. The normalized spacial score (nSPS) is 12.7. The first kappa shape index (κ1) is 29.4. The van der Waals surface area contributed by atoms with Gasteiger partial charge in [0.05, 0.1) is 22.0 Å². The molecule has 0 unspecified atom stereocenters. The second-order valence-corrected chi connectivity index (χ2v) is 12.8. The van der Waals surface area contributed by atoms with Crippen LogP contribution in [0.5, 0.6) is 0 Å². The van der Waals surface area contributed by atoms with E-state index in [0.717, 1.165) is 10.6 Å². The van der Waals surface area contributed by atoms with Gasteiger partial charge in [0.15, 0.2) is 0 Å². The molecule has 7 nitrogen and oxygen atoms in total. The van der Waals surface area contributed by atoms with Crippen LogP contribution in [0.15, 0.2) is 46.9 Å². The van der Waals surface area contributed by atoms with Crippen LogP contribution in [0.1, 0.15) is 39.7 Å². The van der Waals surface area contributed by atoms with Crippen LogP contribution in [0.25, 0.3) is 0 Å². The van der Waals surface area contributed by atoms with E-state index >= 15 is 0 Å². The van der Waals surface area contributed by atoms with E-state index in [9.17, 15) is 18.0 Å². The van der Waals surface area contributed by atoms with E-state index in [1.54, 1.807) is 49.4 Å². The topological polar surface area (TPSA) is 86.8 Å². The van der Waals surface area contributed by atoms with Crippen molar-refractivity contribution in [3.63, 3.8) is 0 Å². The summed E-state index contributed by atoms with van der Waals surface area (Å²) in [6.07, 6.45) is 1.36. The lowest BCUT2D eigenvalue weighted by molar-refractivity contribution is -0.141. The fraction of sp³-hybridized carbons (Fsp3) is 0.417. The van der Waals surface area contributed by atoms with Gasteiger partial charge in [0.2, 0.25) is 21.8 Å². The van der Waals surface area contributed by atoms with Gasteiger partial charge in [-0.15, -0.1) is 0 Å². The number of anilines is 1. The maximum absolute atomic E-state index is 13.7. The number of amides is 2. The van der Waals surface area contributed by atoms with Crippen LogP contribution in [0.2, 0.25) is 10.0 Å². The molecular formula is C24H30BrCl2N3O4S. The molecular weight excluding hydrogens is 577 g/mol. The number of halogens is 3. The number of hydrogen-bond donors (Lipinski definition) is 1. The highest BCUT2D eigenvalue weighted by Crippen LogP contribution is 2.26. The fourth-order valence-corrected chi connectivity index (χ4v) is 5.00. The van der Waals surface area contributed by atoms with Crippen LogP contribution in [-0.4, -0.2) is 49.5 Å². The molecule has 35 heavy (non-hydrogen) atoms. The molecule has 2 aromatic rings. The molecule has 2 amide bonds. The molecule has 192 valence electrons. The third-order valence-corrected chi connectivity index (χ3v) is 7.37. The molecule has 0 aromatic heterocycles. The summed E-state index contributed by atoms with van der Waals surface area (Å²) in [7, 11) is -3.80. The number of carbonyl (C=O) groups is 2. The van der Waals surface area contributed by atoms with Gasteiger partial charge in [-0.3, -0.25) is 13.9 Å². The molecule has 1 atom stereocenters. The standard InChI is InChI=1S/C24H30BrCl2N3O4S/c1-6-21(23(32)28-24(2,3)4)29(14-16-10-11-19(26)20(27)12-16)22(31)15-30(35(5,33)34)18-9-7-8-17(25)13-18/h7-13,21H,6,14-15H2,1-5H3,(H,28,32)/t21-/m1/s1. The average Bonchev–Trinajstić information content (AvgIpc) is 2.72. The Morgan fingerprint density at radius 2 is 1.74 bits per heavy atom. The van der Waals surface area contributed by atoms with Gasteiger partial charge >= 0.3 is 0 Å². The summed E-state index contributed by atoms with van der Waals surface area (Å²) < 4.78 is 27.0. The summed E-state index contributed by atoms with van der Waals surface area (Å²) in [5.74, 6) is -0.862. The second-order valence-electron chi connectivity index (χ2n) is 9.18. The Balaban J connectivity index is 2.48. The number of nitrogens with zero attached hydrogens (tertiary/aromatic N) is 2. The molecule has 0 heterocycles. The van der Waals surface area contributed by atoms with Gasteiger partial charge in [0.1, 0.15) is 12.6 Å². The van der Waals surface area contributed by atoms with E-state index in [1.807, 2.05) is 20.8 Å². The van der Waals surface area contributed by atoms with Gasteiger partial charge in [-0.05, 0) is 63.1 Å². The van der Waals surface area contributed by atoms with Crippen LogP contribution in [0.3, 0.4) is 0 Å². The Labute approximate surface area is 225 Å². The molecule has 0 spiro atoms. The summed E-state index contributed by atoms with van der Waals surface area (Å²) in [6.45, 7) is 6.91. The molecule has 0 aliphatic heterocycles. The molecule has 0 fully saturated rings. The monoisotopic (exact) mass is 605 g/mol. The Bertz CT molecular complexity index is 1190. The van der Waals surface area contributed by atoms with Crippen molar-refractivity contribution in [3.8, 4) is 0 Å². The van der Waals surface area contributed by atoms with E-state index in [-0.39, 0.29) is 12.5 Å². The third kappa shape index (κ3) is 8.66.